The minimum absolute atomic E-state index is 0.628. The number of rotatable bonds is 7. The van der Waals surface area contributed by atoms with Crippen LogP contribution in [-0.4, -0.2) is 0 Å². The van der Waals surface area contributed by atoms with Crippen molar-refractivity contribution in [1.29, 1.82) is 0 Å². The van der Waals surface area contributed by atoms with Gasteiger partial charge >= 0.3 is 0 Å². The maximum absolute atomic E-state index is 4.08. The molecule has 0 aliphatic carbocycles. The maximum Gasteiger partial charge on any atom is -0.0171 e. The summed E-state index contributed by atoms with van der Waals surface area (Å²) >= 11 is 0. The van der Waals surface area contributed by atoms with Crippen LogP contribution in [0.1, 0.15) is 53.4 Å². The number of hydrogen-bond acceptors (Lipinski definition) is 0. The predicted octanol–water partition coefficient (Wildman–Crippen LogP) is 5.28. The summed E-state index contributed by atoms with van der Waals surface area (Å²) in [5.41, 5.74) is 4.06. The Morgan fingerprint density at radius 3 is 2.20 bits per heavy atom. The van der Waals surface area contributed by atoms with Crippen LogP contribution in [0.2, 0.25) is 0 Å². The van der Waals surface area contributed by atoms with Crippen LogP contribution in [0.15, 0.2) is 36.0 Å². The van der Waals surface area contributed by atoms with E-state index in [1.165, 1.54) is 23.1 Å². The highest BCUT2D eigenvalue weighted by atomic mass is 14.1. The van der Waals surface area contributed by atoms with Crippen LogP contribution in [0.25, 0.3) is 0 Å². The Bertz CT molecular complexity index is 243. The fourth-order valence-corrected chi connectivity index (χ4v) is 1.47. The molecule has 0 saturated carbocycles. The molecule has 0 aromatic rings. The molecule has 0 radical (unpaired) electrons. The summed E-state index contributed by atoms with van der Waals surface area (Å²) in [6.45, 7) is 16.7. The number of allylic oxidation sites excluding steroid dienone is 4. The van der Waals surface area contributed by atoms with E-state index in [1.54, 1.807) is 0 Å². The van der Waals surface area contributed by atoms with E-state index in [-0.39, 0.29) is 0 Å². The van der Waals surface area contributed by atoms with Crippen molar-refractivity contribution in [3.05, 3.63) is 36.0 Å². The molecule has 0 aliphatic heterocycles. The molecule has 0 rings (SSSR count). The second-order valence-electron chi connectivity index (χ2n) is 4.68. The van der Waals surface area contributed by atoms with E-state index >= 15 is 0 Å². The normalized spacial score (nSPS) is 13.7. The van der Waals surface area contributed by atoms with Gasteiger partial charge in [-0.1, -0.05) is 36.3 Å². The lowest BCUT2D eigenvalue weighted by molar-refractivity contribution is 0.565. The third kappa shape index (κ3) is 7.18. The Kier molecular flexibility index (Phi) is 7.11. The Morgan fingerprint density at radius 2 is 1.80 bits per heavy atom. The van der Waals surface area contributed by atoms with Gasteiger partial charge in [-0.05, 0) is 52.4 Å². The van der Waals surface area contributed by atoms with E-state index in [9.17, 15) is 0 Å². The molecule has 0 aromatic heterocycles. The first kappa shape index (κ1) is 14.2. The average Bonchev–Trinajstić information content (AvgIpc) is 2.16. The summed E-state index contributed by atoms with van der Waals surface area (Å²) in [5.74, 6) is 0.628. The molecule has 15 heavy (non-hydrogen) atoms. The fourth-order valence-electron chi connectivity index (χ4n) is 1.47. The van der Waals surface area contributed by atoms with Gasteiger partial charge in [0, 0.05) is 0 Å². The van der Waals surface area contributed by atoms with Crippen molar-refractivity contribution in [1.82, 2.24) is 0 Å². The molecule has 0 fully saturated rings. The van der Waals surface area contributed by atoms with Crippen molar-refractivity contribution in [3.63, 3.8) is 0 Å². The molecular formula is C15H26. The zero-order chi connectivity index (χ0) is 11.8. The van der Waals surface area contributed by atoms with Crippen molar-refractivity contribution in [3.8, 4) is 0 Å². The van der Waals surface area contributed by atoms with Crippen LogP contribution in [0.4, 0.5) is 0 Å². The third-order valence-corrected chi connectivity index (χ3v) is 2.93. The highest BCUT2D eigenvalue weighted by molar-refractivity contribution is 5.05. The van der Waals surface area contributed by atoms with Gasteiger partial charge in [0.1, 0.15) is 0 Å². The zero-order valence-corrected chi connectivity index (χ0v) is 10.9. The van der Waals surface area contributed by atoms with Crippen molar-refractivity contribution in [2.45, 2.75) is 53.4 Å². The quantitative estimate of drug-likeness (QED) is 0.497. The summed E-state index contributed by atoms with van der Waals surface area (Å²) < 4.78 is 0. The van der Waals surface area contributed by atoms with Gasteiger partial charge in [0.2, 0.25) is 0 Å². The highest BCUT2D eigenvalue weighted by Gasteiger charge is 2.07. The second kappa shape index (κ2) is 7.50. The standard InChI is InChI=1S/C15H26/c1-7-14(6)9-11-15(13(4)5)10-8-12(2)3/h9,15H,2,4,7-8,10-11H2,1,3,5-6H3/b14-9+/t15-/m1/s1. The molecular weight excluding hydrogens is 180 g/mol. The number of hydrogen-bond donors (Lipinski definition) is 0. The Labute approximate surface area is 95.8 Å². The topological polar surface area (TPSA) is 0 Å². The minimum Gasteiger partial charge on any atom is -0.100 e. The van der Waals surface area contributed by atoms with Crippen LogP contribution >= 0.6 is 0 Å². The lowest BCUT2D eigenvalue weighted by Crippen LogP contribution is -2.00. The van der Waals surface area contributed by atoms with Gasteiger partial charge in [-0.2, -0.15) is 0 Å². The lowest BCUT2D eigenvalue weighted by Gasteiger charge is -2.15. The van der Waals surface area contributed by atoms with E-state index in [1.807, 2.05) is 0 Å². The Morgan fingerprint density at radius 1 is 1.20 bits per heavy atom. The van der Waals surface area contributed by atoms with Gasteiger partial charge in [0.05, 0.1) is 0 Å². The maximum atomic E-state index is 4.08. The molecule has 0 nitrogen and oxygen atoms in total. The van der Waals surface area contributed by atoms with Crippen molar-refractivity contribution in [2.24, 2.45) is 5.92 Å². The minimum atomic E-state index is 0.628. The first-order valence-electron chi connectivity index (χ1n) is 5.92. The summed E-state index contributed by atoms with van der Waals surface area (Å²) in [6, 6.07) is 0. The van der Waals surface area contributed by atoms with E-state index in [0.29, 0.717) is 5.92 Å². The van der Waals surface area contributed by atoms with Crippen molar-refractivity contribution < 1.29 is 0 Å². The summed E-state index contributed by atoms with van der Waals surface area (Å²) in [5, 5.41) is 0. The molecule has 0 unspecified atom stereocenters. The van der Waals surface area contributed by atoms with E-state index in [2.05, 4.69) is 46.9 Å². The summed E-state index contributed by atoms with van der Waals surface area (Å²) in [7, 11) is 0. The molecule has 0 aliphatic rings. The first-order chi connectivity index (χ1) is 6.97. The van der Waals surface area contributed by atoms with Gasteiger partial charge in [-0.3, -0.25) is 0 Å². The van der Waals surface area contributed by atoms with Gasteiger partial charge in [0.15, 0.2) is 0 Å². The molecule has 0 N–H and O–H groups in total. The van der Waals surface area contributed by atoms with Gasteiger partial charge < -0.3 is 0 Å². The molecule has 0 saturated heterocycles. The van der Waals surface area contributed by atoms with Crippen LogP contribution in [0.5, 0.6) is 0 Å². The van der Waals surface area contributed by atoms with E-state index < -0.39 is 0 Å². The molecule has 0 heterocycles. The van der Waals surface area contributed by atoms with Gasteiger partial charge in [-0.25, -0.2) is 0 Å². The van der Waals surface area contributed by atoms with Crippen LogP contribution < -0.4 is 0 Å². The summed E-state index contributed by atoms with van der Waals surface area (Å²) in [4.78, 5) is 0. The third-order valence-electron chi connectivity index (χ3n) is 2.93. The smallest absolute Gasteiger partial charge is 0.0171 e. The molecule has 1 atom stereocenters. The van der Waals surface area contributed by atoms with Crippen LogP contribution in [-0.2, 0) is 0 Å². The molecule has 0 heteroatoms. The lowest BCUT2D eigenvalue weighted by atomic mass is 9.90. The molecule has 0 amide bonds. The van der Waals surface area contributed by atoms with Gasteiger partial charge in [-0.15, -0.1) is 6.58 Å². The Hall–Kier alpha value is -0.780. The fraction of sp³-hybridized carbons (Fsp3) is 0.600. The Balaban J connectivity index is 4.17. The van der Waals surface area contributed by atoms with Gasteiger partial charge in [0.25, 0.3) is 0 Å². The highest BCUT2D eigenvalue weighted by Crippen LogP contribution is 2.22. The first-order valence-corrected chi connectivity index (χ1v) is 5.92. The van der Waals surface area contributed by atoms with Crippen LogP contribution in [0, 0.1) is 5.92 Å². The largest absolute Gasteiger partial charge is 0.100 e. The molecule has 0 spiro atoms. The average molecular weight is 206 g/mol. The van der Waals surface area contributed by atoms with Crippen LogP contribution in [0.3, 0.4) is 0 Å². The van der Waals surface area contributed by atoms with E-state index in [0.717, 1.165) is 19.3 Å². The molecule has 0 aromatic carbocycles. The monoisotopic (exact) mass is 206 g/mol. The molecule has 86 valence electrons. The predicted molar refractivity (Wildman–Crippen MR) is 71.0 cm³/mol. The van der Waals surface area contributed by atoms with Crippen molar-refractivity contribution >= 4 is 0 Å². The van der Waals surface area contributed by atoms with Crippen molar-refractivity contribution in [2.75, 3.05) is 0 Å². The molecule has 0 bridgehead atoms. The van der Waals surface area contributed by atoms with E-state index in [4.69, 9.17) is 0 Å². The zero-order valence-electron chi connectivity index (χ0n) is 10.9. The second-order valence-corrected chi connectivity index (χ2v) is 4.68. The SMILES string of the molecule is C=C(C)CC[C@H](C/C=C(\C)CC)C(=C)C. The summed E-state index contributed by atoms with van der Waals surface area (Å²) in [6.07, 6.45) is 6.97.